The molecule has 24 heavy (non-hydrogen) atoms. The molecule has 1 aromatic carbocycles. The van der Waals surface area contributed by atoms with Gasteiger partial charge in [0.2, 0.25) is 11.8 Å². The van der Waals surface area contributed by atoms with Crippen LogP contribution in [0.2, 0.25) is 10.0 Å². The standard InChI is InChI=1S/C17H25Cl2N3O2/c1-4-22(5-2)17(24)12-21(3)11-16(23)20-9-8-13-6-7-14(18)10-15(13)19/h6-7,10H,4-5,8-9,11-12H2,1-3H3,(H,20,23). The Hall–Kier alpha value is -1.30. The van der Waals surface area contributed by atoms with Crippen molar-refractivity contribution in [2.75, 3.05) is 39.8 Å². The van der Waals surface area contributed by atoms with Gasteiger partial charge in [0.1, 0.15) is 0 Å². The minimum atomic E-state index is -0.116. The number of rotatable bonds is 9. The number of carbonyl (C=O) groups is 2. The number of amides is 2. The van der Waals surface area contributed by atoms with Crippen LogP contribution in [0.3, 0.4) is 0 Å². The lowest BCUT2D eigenvalue weighted by Crippen LogP contribution is -2.42. The summed E-state index contributed by atoms with van der Waals surface area (Å²) in [5.74, 6) is -0.0850. The van der Waals surface area contributed by atoms with Crippen molar-refractivity contribution in [3.05, 3.63) is 33.8 Å². The predicted octanol–water partition coefficient (Wildman–Crippen LogP) is 2.45. The molecule has 0 aliphatic heterocycles. The van der Waals surface area contributed by atoms with Gasteiger partial charge in [0.25, 0.3) is 0 Å². The van der Waals surface area contributed by atoms with Crippen LogP contribution in [-0.2, 0) is 16.0 Å². The molecule has 134 valence electrons. The van der Waals surface area contributed by atoms with Gasteiger partial charge in [0.05, 0.1) is 13.1 Å². The normalized spacial score (nSPS) is 10.8. The summed E-state index contributed by atoms with van der Waals surface area (Å²) in [5.41, 5.74) is 0.937. The average molecular weight is 374 g/mol. The van der Waals surface area contributed by atoms with Crippen LogP contribution in [0.5, 0.6) is 0 Å². The topological polar surface area (TPSA) is 52.7 Å². The Morgan fingerprint density at radius 2 is 1.79 bits per heavy atom. The fourth-order valence-corrected chi connectivity index (χ4v) is 2.83. The van der Waals surface area contributed by atoms with E-state index in [1.165, 1.54) is 0 Å². The van der Waals surface area contributed by atoms with E-state index in [2.05, 4.69) is 5.32 Å². The van der Waals surface area contributed by atoms with Crippen LogP contribution in [0, 0.1) is 0 Å². The van der Waals surface area contributed by atoms with Gasteiger partial charge in [-0.25, -0.2) is 0 Å². The van der Waals surface area contributed by atoms with E-state index < -0.39 is 0 Å². The van der Waals surface area contributed by atoms with Crippen LogP contribution in [-0.4, -0.2) is 61.4 Å². The summed E-state index contributed by atoms with van der Waals surface area (Å²) in [6.07, 6.45) is 0.629. The molecule has 0 atom stereocenters. The zero-order chi connectivity index (χ0) is 18.1. The van der Waals surface area contributed by atoms with Crippen molar-refractivity contribution in [2.45, 2.75) is 20.3 Å². The lowest BCUT2D eigenvalue weighted by molar-refractivity contribution is -0.132. The molecule has 1 aromatic rings. The van der Waals surface area contributed by atoms with Crippen LogP contribution < -0.4 is 5.32 Å². The number of carbonyl (C=O) groups excluding carboxylic acids is 2. The Kier molecular flexibility index (Phi) is 9.11. The molecule has 0 saturated carbocycles. The molecule has 0 aliphatic rings. The Morgan fingerprint density at radius 3 is 2.38 bits per heavy atom. The second kappa shape index (κ2) is 10.5. The Balaban J connectivity index is 2.34. The molecular weight excluding hydrogens is 349 g/mol. The van der Waals surface area contributed by atoms with Crippen molar-refractivity contribution >= 4 is 35.0 Å². The summed E-state index contributed by atoms with van der Waals surface area (Å²) < 4.78 is 0. The van der Waals surface area contributed by atoms with Crippen LogP contribution >= 0.6 is 23.2 Å². The third-order valence-corrected chi connectivity index (χ3v) is 4.25. The van der Waals surface area contributed by atoms with E-state index in [0.29, 0.717) is 36.1 Å². The number of benzene rings is 1. The van der Waals surface area contributed by atoms with E-state index in [9.17, 15) is 9.59 Å². The molecule has 0 spiro atoms. The molecule has 0 radical (unpaired) electrons. The highest BCUT2D eigenvalue weighted by Gasteiger charge is 2.14. The van der Waals surface area contributed by atoms with Gasteiger partial charge < -0.3 is 10.2 Å². The number of nitrogens with one attached hydrogen (secondary N) is 1. The van der Waals surface area contributed by atoms with Gasteiger partial charge in [-0.15, -0.1) is 0 Å². The van der Waals surface area contributed by atoms with Crippen molar-refractivity contribution in [2.24, 2.45) is 0 Å². The largest absolute Gasteiger partial charge is 0.355 e. The first-order valence-electron chi connectivity index (χ1n) is 8.04. The van der Waals surface area contributed by atoms with Crippen LogP contribution in [0.4, 0.5) is 0 Å². The Bertz CT molecular complexity index is 563. The SMILES string of the molecule is CCN(CC)C(=O)CN(C)CC(=O)NCCc1ccc(Cl)cc1Cl. The highest BCUT2D eigenvalue weighted by molar-refractivity contribution is 6.35. The lowest BCUT2D eigenvalue weighted by atomic mass is 10.1. The Labute approximate surface area is 153 Å². The maximum atomic E-state index is 12.0. The number of hydrogen-bond donors (Lipinski definition) is 1. The zero-order valence-corrected chi connectivity index (χ0v) is 16.0. The molecule has 5 nitrogen and oxygen atoms in total. The molecule has 0 saturated heterocycles. The molecule has 7 heteroatoms. The maximum absolute atomic E-state index is 12.0. The van der Waals surface area contributed by atoms with E-state index in [0.717, 1.165) is 5.56 Å². The van der Waals surface area contributed by atoms with E-state index in [1.807, 2.05) is 19.9 Å². The Morgan fingerprint density at radius 1 is 1.12 bits per heavy atom. The fourth-order valence-electron chi connectivity index (χ4n) is 2.33. The van der Waals surface area contributed by atoms with Gasteiger partial charge in [0.15, 0.2) is 0 Å². The molecule has 2 amide bonds. The van der Waals surface area contributed by atoms with E-state index in [1.54, 1.807) is 29.0 Å². The summed E-state index contributed by atoms with van der Waals surface area (Å²) in [6, 6.07) is 5.32. The first kappa shape index (κ1) is 20.7. The van der Waals surface area contributed by atoms with Gasteiger partial charge in [-0.05, 0) is 45.0 Å². The number of likely N-dealkylation sites (N-methyl/N-ethyl adjacent to an activating group) is 2. The predicted molar refractivity (Wildman–Crippen MR) is 98.6 cm³/mol. The molecule has 0 fully saturated rings. The van der Waals surface area contributed by atoms with Gasteiger partial charge in [-0.1, -0.05) is 29.3 Å². The van der Waals surface area contributed by atoms with Gasteiger partial charge in [-0.2, -0.15) is 0 Å². The lowest BCUT2D eigenvalue weighted by Gasteiger charge is -2.22. The van der Waals surface area contributed by atoms with E-state index in [4.69, 9.17) is 23.2 Å². The molecular formula is C17H25Cl2N3O2. The van der Waals surface area contributed by atoms with Gasteiger partial charge in [0, 0.05) is 29.7 Å². The number of halogens is 2. The second-order valence-electron chi connectivity index (χ2n) is 5.57. The van der Waals surface area contributed by atoms with Crippen LogP contribution in [0.25, 0.3) is 0 Å². The third kappa shape index (κ3) is 7.07. The quantitative estimate of drug-likeness (QED) is 0.723. The van der Waals surface area contributed by atoms with Gasteiger partial charge >= 0.3 is 0 Å². The summed E-state index contributed by atoms with van der Waals surface area (Å²) in [7, 11) is 1.76. The molecule has 0 aromatic heterocycles. The molecule has 1 N–H and O–H groups in total. The minimum absolute atomic E-state index is 0.0308. The molecule has 1 rings (SSSR count). The zero-order valence-electron chi connectivity index (χ0n) is 14.4. The highest BCUT2D eigenvalue weighted by atomic mass is 35.5. The van der Waals surface area contributed by atoms with Crippen molar-refractivity contribution in [3.63, 3.8) is 0 Å². The first-order valence-corrected chi connectivity index (χ1v) is 8.79. The van der Waals surface area contributed by atoms with Crippen LogP contribution in [0.1, 0.15) is 19.4 Å². The second-order valence-corrected chi connectivity index (χ2v) is 6.42. The fraction of sp³-hybridized carbons (Fsp3) is 0.529. The average Bonchev–Trinajstić information content (AvgIpc) is 2.50. The number of nitrogens with zero attached hydrogens (tertiary/aromatic N) is 2. The maximum Gasteiger partial charge on any atom is 0.236 e. The molecule has 0 bridgehead atoms. The van der Waals surface area contributed by atoms with Crippen molar-refractivity contribution in [1.82, 2.24) is 15.1 Å². The smallest absolute Gasteiger partial charge is 0.236 e. The molecule has 0 aliphatic carbocycles. The summed E-state index contributed by atoms with van der Waals surface area (Å²) in [5, 5.41) is 4.02. The van der Waals surface area contributed by atoms with Crippen molar-refractivity contribution in [1.29, 1.82) is 0 Å². The first-order chi connectivity index (χ1) is 11.4. The summed E-state index contributed by atoms with van der Waals surface area (Å²) >= 11 is 11.9. The van der Waals surface area contributed by atoms with Crippen molar-refractivity contribution < 1.29 is 9.59 Å². The monoisotopic (exact) mass is 373 g/mol. The number of hydrogen-bond acceptors (Lipinski definition) is 3. The summed E-state index contributed by atoms with van der Waals surface area (Å²) in [4.78, 5) is 27.4. The van der Waals surface area contributed by atoms with E-state index >= 15 is 0 Å². The molecule has 0 heterocycles. The van der Waals surface area contributed by atoms with Gasteiger partial charge in [-0.3, -0.25) is 14.5 Å². The molecule has 0 unspecified atom stereocenters. The highest BCUT2D eigenvalue weighted by Crippen LogP contribution is 2.20. The van der Waals surface area contributed by atoms with Crippen LogP contribution in [0.15, 0.2) is 18.2 Å². The van der Waals surface area contributed by atoms with Crippen molar-refractivity contribution in [3.8, 4) is 0 Å². The minimum Gasteiger partial charge on any atom is -0.355 e. The van der Waals surface area contributed by atoms with E-state index in [-0.39, 0.29) is 24.9 Å². The summed E-state index contributed by atoms with van der Waals surface area (Å²) in [6.45, 7) is 6.14. The third-order valence-electron chi connectivity index (χ3n) is 3.67.